The van der Waals surface area contributed by atoms with Crippen molar-refractivity contribution in [2.45, 2.75) is 19.4 Å². The van der Waals surface area contributed by atoms with Crippen LogP contribution in [0.3, 0.4) is 0 Å². The second kappa shape index (κ2) is 4.76. The first kappa shape index (κ1) is 11.3. The molecule has 1 N–H and O–H groups in total. The van der Waals surface area contributed by atoms with Crippen LogP contribution >= 0.6 is 11.6 Å². The molecule has 1 saturated heterocycles. The van der Waals surface area contributed by atoms with Crippen molar-refractivity contribution in [3.05, 3.63) is 22.7 Å². The summed E-state index contributed by atoms with van der Waals surface area (Å²) in [6.45, 7) is 2.64. The summed E-state index contributed by atoms with van der Waals surface area (Å²) in [4.78, 5) is 21.0. The molecule has 0 aromatic carbocycles. The van der Waals surface area contributed by atoms with E-state index in [1.807, 2.05) is 0 Å². The lowest BCUT2D eigenvalue weighted by atomic mass is 10.4. The Kier molecular flexibility index (Phi) is 3.36. The van der Waals surface area contributed by atoms with Crippen LogP contribution in [0.1, 0.15) is 29.2 Å². The minimum atomic E-state index is -1.12. The normalized spacial score (nSPS) is 16.6. The second-order valence-electron chi connectivity index (χ2n) is 3.77. The summed E-state index contributed by atoms with van der Waals surface area (Å²) in [5.41, 5.74) is -0.120. The van der Waals surface area contributed by atoms with Gasteiger partial charge in [0.2, 0.25) is 0 Å². The number of carboxylic acids is 1. The van der Waals surface area contributed by atoms with Crippen LogP contribution in [0.4, 0.5) is 0 Å². The number of hydrogen-bond acceptors (Lipinski definition) is 4. The van der Waals surface area contributed by atoms with Crippen molar-refractivity contribution in [3.63, 3.8) is 0 Å². The van der Waals surface area contributed by atoms with Gasteiger partial charge in [0.15, 0.2) is 5.69 Å². The van der Waals surface area contributed by atoms with E-state index in [9.17, 15) is 4.79 Å². The molecule has 0 radical (unpaired) electrons. The first-order valence-corrected chi connectivity index (χ1v) is 5.51. The van der Waals surface area contributed by atoms with Gasteiger partial charge >= 0.3 is 5.97 Å². The first-order valence-electron chi connectivity index (χ1n) is 5.14. The monoisotopic (exact) mass is 241 g/mol. The molecule has 0 spiro atoms. The maximum atomic E-state index is 10.8. The summed E-state index contributed by atoms with van der Waals surface area (Å²) in [5.74, 6) is -0.598. The van der Waals surface area contributed by atoms with Crippen molar-refractivity contribution in [1.82, 2.24) is 14.9 Å². The number of aromatic nitrogens is 2. The minimum Gasteiger partial charge on any atom is -0.476 e. The predicted octanol–water partition coefficient (Wildman–Crippen LogP) is 1.42. The molecular formula is C10H12ClN3O2. The average molecular weight is 242 g/mol. The van der Waals surface area contributed by atoms with Gasteiger partial charge in [0.05, 0.1) is 17.8 Å². The fourth-order valence-electron chi connectivity index (χ4n) is 1.77. The Morgan fingerprint density at radius 2 is 2.19 bits per heavy atom. The highest BCUT2D eigenvalue weighted by Gasteiger charge is 2.16. The van der Waals surface area contributed by atoms with E-state index in [1.54, 1.807) is 0 Å². The summed E-state index contributed by atoms with van der Waals surface area (Å²) >= 11 is 5.69. The van der Waals surface area contributed by atoms with Crippen LogP contribution in [0.5, 0.6) is 0 Å². The first-order chi connectivity index (χ1) is 7.66. The lowest BCUT2D eigenvalue weighted by molar-refractivity contribution is 0.0690. The molecule has 1 aromatic heterocycles. The van der Waals surface area contributed by atoms with Crippen LogP contribution in [0.25, 0.3) is 0 Å². The number of carbonyl (C=O) groups is 1. The van der Waals surface area contributed by atoms with Gasteiger partial charge < -0.3 is 5.11 Å². The van der Waals surface area contributed by atoms with Gasteiger partial charge in [0.1, 0.15) is 5.82 Å². The van der Waals surface area contributed by atoms with Gasteiger partial charge in [-0.3, -0.25) is 4.90 Å². The Hall–Kier alpha value is -1.20. The molecule has 0 bridgehead atoms. The van der Waals surface area contributed by atoms with E-state index in [1.165, 1.54) is 19.0 Å². The molecule has 2 heterocycles. The fraction of sp³-hybridized carbons (Fsp3) is 0.500. The summed E-state index contributed by atoms with van der Waals surface area (Å²) in [6.07, 6.45) is 3.71. The Morgan fingerprint density at radius 3 is 2.81 bits per heavy atom. The van der Waals surface area contributed by atoms with E-state index >= 15 is 0 Å². The van der Waals surface area contributed by atoms with Crippen molar-refractivity contribution < 1.29 is 9.90 Å². The van der Waals surface area contributed by atoms with Crippen molar-refractivity contribution in [2.24, 2.45) is 0 Å². The highest BCUT2D eigenvalue weighted by Crippen LogP contribution is 2.14. The number of likely N-dealkylation sites (tertiary alicyclic amines) is 1. The molecule has 5 nitrogen and oxygen atoms in total. The van der Waals surface area contributed by atoms with Gasteiger partial charge in [0.25, 0.3) is 0 Å². The van der Waals surface area contributed by atoms with Crippen molar-refractivity contribution in [3.8, 4) is 0 Å². The number of aromatic carboxylic acids is 1. The Balaban J connectivity index is 2.15. The topological polar surface area (TPSA) is 66.3 Å². The molecular weight excluding hydrogens is 230 g/mol. The van der Waals surface area contributed by atoms with Gasteiger partial charge in [0, 0.05) is 0 Å². The second-order valence-corrected chi connectivity index (χ2v) is 4.18. The van der Waals surface area contributed by atoms with E-state index < -0.39 is 5.97 Å². The molecule has 0 amide bonds. The number of nitrogens with zero attached hydrogens (tertiary/aromatic N) is 3. The van der Waals surface area contributed by atoms with Gasteiger partial charge in [-0.1, -0.05) is 11.6 Å². The molecule has 0 saturated carbocycles. The molecule has 0 unspecified atom stereocenters. The van der Waals surface area contributed by atoms with E-state index in [4.69, 9.17) is 16.7 Å². The molecule has 6 heteroatoms. The van der Waals surface area contributed by atoms with Crippen LogP contribution < -0.4 is 0 Å². The third-order valence-corrected chi connectivity index (χ3v) is 2.84. The lowest BCUT2D eigenvalue weighted by Gasteiger charge is -2.13. The molecule has 1 aliphatic rings. The largest absolute Gasteiger partial charge is 0.476 e. The zero-order valence-electron chi connectivity index (χ0n) is 8.69. The van der Waals surface area contributed by atoms with Crippen molar-refractivity contribution in [2.75, 3.05) is 13.1 Å². The quantitative estimate of drug-likeness (QED) is 0.867. The standard InChI is InChI=1S/C10H12ClN3O2/c11-7-5-12-8(13-9(7)10(15)16)6-14-3-1-2-4-14/h5H,1-4,6H2,(H,15,16). The Bertz CT molecular complexity index is 405. The van der Waals surface area contributed by atoms with Gasteiger partial charge in [-0.05, 0) is 25.9 Å². The SMILES string of the molecule is O=C(O)c1nc(CN2CCCC2)ncc1Cl. The fourth-order valence-corrected chi connectivity index (χ4v) is 1.94. The zero-order chi connectivity index (χ0) is 11.5. The molecule has 1 aromatic rings. The lowest BCUT2D eigenvalue weighted by Crippen LogP contribution is -2.20. The van der Waals surface area contributed by atoms with E-state index in [-0.39, 0.29) is 10.7 Å². The molecule has 1 aliphatic heterocycles. The number of carboxylic acid groups (broad SMARTS) is 1. The molecule has 0 atom stereocenters. The third-order valence-electron chi connectivity index (χ3n) is 2.56. The number of rotatable bonds is 3. The van der Waals surface area contributed by atoms with E-state index in [0.717, 1.165) is 13.1 Å². The van der Waals surface area contributed by atoms with Gasteiger partial charge in [-0.15, -0.1) is 0 Å². The van der Waals surface area contributed by atoms with Crippen LogP contribution in [-0.4, -0.2) is 39.0 Å². The van der Waals surface area contributed by atoms with E-state index in [0.29, 0.717) is 12.4 Å². The Labute approximate surface area is 98.1 Å². The summed E-state index contributed by atoms with van der Waals surface area (Å²) < 4.78 is 0. The van der Waals surface area contributed by atoms with Crippen LogP contribution in [0, 0.1) is 0 Å². The average Bonchev–Trinajstić information content (AvgIpc) is 2.73. The van der Waals surface area contributed by atoms with Gasteiger partial charge in [-0.2, -0.15) is 0 Å². The van der Waals surface area contributed by atoms with Crippen molar-refractivity contribution >= 4 is 17.6 Å². The molecule has 1 fully saturated rings. The molecule has 0 aliphatic carbocycles. The highest BCUT2D eigenvalue weighted by atomic mass is 35.5. The summed E-state index contributed by atoms with van der Waals surface area (Å²) in [6, 6.07) is 0. The number of halogens is 1. The van der Waals surface area contributed by atoms with Crippen LogP contribution in [0.2, 0.25) is 5.02 Å². The Morgan fingerprint density at radius 1 is 1.50 bits per heavy atom. The van der Waals surface area contributed by atoms with Gasteiger partial charge in [-0.25, -0.2) is 14.8 Å². The van der Waals surface area contributed by atoms with Crippen LogP contribution in [0.15, 0.2) is 6.20 Å². The molecule has 16 heavy (non-hydrogen) atoms. The predicted molar refractivity (Wildman–Crippen MR) is 58.5 cm³/mol. The maximum absolute atomic E-state index is 10.8. The highest BCUT2D eigenvalue weighted by molar-refractivity contribution is 6.33. The molecule has 86 valence electrons. The zero-order valence-corrected chi connectivity index (χ0v) is 9.44. The maximum Gasteiger partial charge on any atom is 0.356 e. The summed E-state index contributed by atoms with van der Waals surface area (Å²) in [7, 11) is 0. The number of hydrogen-bond donors (Lipinski definition) is 1. The third kappa shape index (κ3) is 2.48. The summed E-state index contributed by atoms with van der Waals surface area (Å²) in [5, 5.41) is 8.94. The van der Waals surface area contributed by atoms with Crippen LogP contribution in [-0.2, 0) is 6.54 Å². The minimum absolute atomic E-state index is 0.0812. The molecule has 2 rings (SSSR count). The smallest absolute Gasteiger partial charge is 0.356 e. The van der Waals surface area contributed by atoms with Crippen molar-refractivity contribution in [1.29, 1.82) is 0 Å². The van der Waals surface area contributed by atoms with E-state index in [2.05, 4.69) is 14.9 Å².